The van der Waals surface area contributed by atoms with Gasteiger partial charge >= 0.3 is 0 Å². The van der Waals surface area contributed by atoms with Crippen molar-refractivity contribution in [3.8, 4) is 0 Å². The van der Waals surface area contributed by atoms with E-state index in [0.29, 0.717) is 11.7 Å². The molecule has 0 aromatic carbocycles. The molecule has 0 N–H and O–H groups in total. The summed E-state index contributed by atoms with van der Waals surface area (Å²) in [6.07, 6.45) is 1.04. The minimum absolute atomic E-state index is 0.380. The fraction of sp³-hybridized carbons (Fsp3) is 0.600. The molecule has 1 atom stereocenters. The lowest BCUT2D eigenvalue weighted by molar-refractivity contribution is 0.0924. The Balaban J connectivity index is 1.95. The Bertz CT molecular complexity index is 512. The highest BCUT2D eigenvalue weighted by atomic mass is 16.5. The number of hydrogen-bond acceptors (Lipinski definition) is 6. The van der Waals surface area contributed by atoms with Crippen LogP contribution in [0.25, 0.3) is 5.65 Å². The molecule has 3 heterocycles. The maximum atomic E-state index is 5.48. The van der Waals surface area contributed by atoms with Gasteiger partial charge in [0.05, 0.1) is 19.3 Å². The molecule has 3 rings (SSSR count). The van der Waals surface area contributed by atoms with Crippen LogP contribution in [0.15, 0.2) is 12.1 Å². The Morgan fingerprint density at radius 1 is 1.47 bits per heavy atom. The predicted octanol–water partition coefficient (Wildman–Crippen LogP) is 0.134. The zero-order valence-electron chi connectivity index (χ0n) is 9.65. The summed E-state index contributed by atoms with van der Waals surface area (Å²) in [5.74, 6) is 0.903. The number of fused-ring (bicyclic) bond motifs is 1. The molecule has 0 aliphatic carbocycles. The van der Waals surface area contributed by atoms with Crippen LogP contribution in [0.1, 0.15) is 13.3 Å². The monoisotopic (exact) mass is 234 g/mol. The highest BCUT2D eigenvalue weighted by Gasteiger charge is 2.23. The number of nitrogens with zero attached hydrogens (tertiary/aromatic N) is 6. The van der Waals surface area contributed by atoms with Gasteiger partial charge in [0.25, 0.3) is 0 Å². The number of hydrogen-bond donors (Lipinski definition) is 0. The summed E-state index contributed by atoms with van der Waals surface area (Å²) in [4.78, 5) is 2.25. The summed E-state index contributed by atoms with van der Waals surface area (Å²) in [7, 11) is 0. The maximum Gasteiger partial charge on any atom is 0.200 e. The van der Waals surface area contributed by atoms with Gasteiger partial charge in [0, 0.05) is 6.54 Å². The van der Waals surface area contributed by atoms with Crippen LogP contribution in [0.3, 0.4) is 0 Å². The molecule has 2 aromatic heterocycles. The van der Waals surface area contributed by atoms with Crippen LogP contribution in [-0.2, 0) is 4.74 Å². The van der Waals surface area contributed by atoms with Crippen LogP contribution in [-0.4, -0.2) is 51.1 Å². The van der Waals surface area contributed by atoms with Crippen molar-refractivity contribution >= 4 is 11.5 Å². The third-order valence-electron chi connectivity index (χ3n) is 3.05. The van der Waals surface area contributed by atoms with Gasteiger partial charge in [0.15, 0.2) is 11.5 Å². The van der Waals surface area contributed by atoms with E-state index in [1.54, 1.807) is 0 Å². The molecule has 0 spiro atoms. The second-order valence-electron chi connectivity index (χ2n) is 4.05. The summed E-state index contributed by atoms with van der Waals surface area (Å²) in [6.45, 7) is 4.51. The number of anilines is 1. The van der Waals surface area contributed by atoms with E-state index in [9.17, 15) is 0 Å². The minimum atomic E-state index is 0.380. The predicted molar refractivity (Wildman–Crippen MR) is 60.8 cm³/mol. The van der Waals surface area contributed by atoms with Gasteiger partial charge in [-0.25, -0.2) is 0 Å². The number of ether oxygens (including phenoxy) is 1. The fourth-order valence-corrected chi connectivity index (χ4v) is 2.09. The number of tetrazole rings is 1. The molecule has 1 saturated heterocycles. The molecule has 7 nitrogen and oxygen atoms in total. The molecule has 1 aliphatic rings. The van der Waals surface area contributed by atoms with E-state index < -0.39 is 0 Å². The lowest BCUT2D eigenvalue weighted by atomic mass is 10.2. The van der Waals surface area contributed by atoms with Gasteiger partial charge in [-0.15, -0.1) is 14.8 Å². The van der Waals surface area contributed by atoms with Crippen LogP contribution >= 0.6 is 0 Å². The number of rotatable bonds is 2. The SMILES string of the molecule is CCC1COCCN1c1ccc2nnnn2n1. The van der Waals surface area contributed by atoms with Gasteiger partial charge in [0.2, 0.25) is 0 Å². The summed E-state index contributed by atoms with van der Waals surface area (Å²) in [5, 5.41) is 15.6. The molecule has 0 radical (unpaired) electrons. The Morgan fingerprint density at radius 2 is 2.41 bits per heavy atom. The normalized spacial score (nSPS) is 21.0. The second-order valence-corrected chi connectivity index (χ2v) is 4.05. The van der Waals surface area contributed by atoms with E-state index in [1.807, 2.05) is 12.1 Å². The molecule has 0 bridgehead atoms. The van der Waals surface area contributed by atoms with E-state index in [1.165, 1.54) is 4.63 Å². The molecule has 0 saturated carbocycles. The van der Waals surface area contributed by atoms with Crippen molar-refractivity contribution in [3.63, 3.8) is 0 Å². The zero-order chi connectivity index (χ0) is 11.7. The van der Waals surface area contributed by atoms with E-state index >= 15 is 0 Å². The first-order valence-corrected chi connectivity index (χ1v) is 5.78. The van der Waals surface area contributed by atoms with Crippen LogP contribution < -0.4 is 4.90 Å². The molecule has 90 valence electrons. The largest absolute Gasteiger partial charge is 0.377 e. The summed E-state index contributed by atoms with van der Waals surface area (Å²) >= 11 is 0. The fourth-order valence-electron chi connectivity index (χ4n) is 2.09. The van der Waals surface area contributed by atoms with Crippen molar-refractivity contribution in [3.05, 3.63) is 12.1 Å². The Kier molecular flexibility index (Phi) is 2.60. The van der Waals surface area contributed by atoms with Crippen LogP contribution in [0.4, 0.5) is 5.82 Å². The van der Waals surface area contributed by atoms with Crippen LogP contribution in [0.2, 0.25) is 0 Å². The van der Waals surface area contributed by atoms with Crippen molar-refractivity contribution in [1.29, 1.82) is 0 Å². The molecular weight excluding hydrogens is 220 g/mol. The standard InChI is InChI=1S/C10H14N6O/c1-2-8-7-17-6-5-15(8)10-4-3-9-11-13-14-16(9)12-10/h3-4,8H,2,5-7H2,1H3. The van der Waals surface area contributed by atoms with Gasteiger partial charge in [0.1, 0.15) is 0 Å². The van der Waals surface area contributed by atoms with Gasteiger partial charge in [-0.05, 0) is 29.0 Å². The molecule has 7 heteroatoms. The number of morpholine rings is 1. The van der Waals surface area contributed by atoms with Gasteiger partial charge in [-0.2, -0.15) is 0 Å². The summed E-state index contributed by atoms with van der Waals surface area (Å²) in [5.41, 5.74) is 0.662. The second kappa shape index (κ2) is 4.25. The van der Waals surface area contributed by atoms with Crippen molar-refractivity contribution in [1.82, 2.24) is 25.3 Å². The number of aromatic nitrogens is 5. The van der Waals surface area contributed by atoms with Crippen molar-refractivity contribution in [2.45, 2.75) is 19.4 Å². The molecule has 2 aromatic rings. The average Bonchev–Trinajstić information content (AvgIpc) is 2.85. The van der Waals surface area contributed by atoms with Gasteiger partial charge in [-0.3, -0.25) is 0 Å². The first-order valence-electron chi connectivity index (χ1n) is 5.78. The van der Waals surface area contributed by atoms with Crippen LogP contribution in [0, 0.1) is 0 Å². The zero-order valence-corrected chi connectivity index (χ0v) is 9.65. The molecule has 1 aliphatic heterocycles. The molecule has 17 heavy (non-hydrogen) atoms. The molecule has 0 amide bonds. The van der Waals surface area contributed by atoms with Gasteiger partial charge in [-0.1, -0.05) is 6.92 Å². The van der Waals surface area contributed by atoms with E-state index in [0.717, 1.165) is 32.0 Å². The average molecular weight is 234 g/mol. The first kappa shape index (κ1) is 10.4. The molecule has 1 unspecified atom stereocenters. The Hall–Kier alpha value is -1.76. The van der Waals surface area contributed by atoms with E-state index in [-0.39, 0.29) is 0 Å². The van der Waals surface area contributed by atoms with Crippen molar-refractivity contribution in [2.75, 3.05) is 24.7 Å². The summed E-state index contributed by atoms with van der Waals surface area (Å²) in [6, 6.07) is 4.22. The van der Waals surface area contributed by atoms with Gasteiger partial charge < -0.3 is 9.64 Å². The molecular formula is C10H14N6O. The smallest absolute Gasteiger partial charge is 0.200 e. The van der Waals surface area contributed by atoms with Crippen LogP contribution in [0.5, 0.6) is 0 Å². The summed E-state index contributed by atoms with van der Waals surface area (Å²) < 4.78 is 6.94. The lowest BCUT2D eigenvalue weighted by Gasteiger charge is -2.35. The topological polar surface area (TPSA) is 68.4 Å². The minimum Gasteiger partial charge on any atom is -0.377 e. The van der Waals surface area contributed by atoms with E-state index in [2.05, 4.69) is 32.4 Å². The van der Waals surface area contributed by atoms with E-state index in [4.69, 9.17) is 4.74 Å². The van der Waals surface area contributed by atoms with Crippen molar-refractivity contribution in [2.24, 2.45) is 0 Å². The third-order valence-corrected chi connectivity index (χ3v) is 3.05. The Morgan fingerprint density at radius 3 is 3.29 bits per heavy atom. The Labute approximate surface area is 98.4 Å². The molecule has 1 fully saturated rings. The lowest BCUT2D eigenvalue weighted by Crippen LogP contribution is -2.45. The third kappa shape index (κ3) is 1.82. The highest BCUT2D eigenvalue weighted by Crippen LogP contribution is 2.18. The first-order chi connectivity index (χ1) is 8.38. The maximum absolute atomic E-state index is 5.48. The highest BCUT2D eigenvalue weighted by molar-refractivity contribution is 5.45. The quantitative estimate of drug-likeness (QED) is 0.736. The van der Waals surface area contributed by atoms with Crippen molar-refractivity contribution < 1.29 is 4.74 Å².